The monoisotopic (exact) mass is 804 g/mol. The Balaban J connectivity index is 1.14. The zero-order valence-corrected chi connectivity index (χ0v) is 35.3. The maximum absolute atomic E-state index is 2.49. The SMILES string of the molecule is CC1(C)c2ccccc2-c2ccc(N(c3ccc(-c4ccccc4-n4c5ccccc5c5ccccc54)c(-c4cccc5ccccc45)c3)c3ccccc3-c3ccccc3)cc21. The van der Waals surface area contributed by atoms with Crippen LogP contribution in [0.15, 0.2) is 231 Å². The quantitative estimate of drug-likeness (QED) is 0.156. The van der Waals surface area contributed by atoms with Gasteiger partial charge in [0.1, 0.15) is 0 Å². The summed E-state index contributed by atoms with van der Waals surface area (Å²) in [5.74, 6) is 0. The maximum Gasteiger partial charge on any atom is 0.0541 e. The number of fused-ring (bicyclic) bond motifs is 7. The van der Waals surface area contributed by atoms with Crippen molar-refractivity contribution in [1.29, 1.82) is 0 Å². The summed E-state index contributed by atoms with van der Waals surface area (Å²) in [5.41, 5.74) is 19.1. The van der Waals surface area contributed by atoms with E-state index in [1.165, 1.54) is 88.2 Å². The van der Waals surface area contributed by atoms with Crippen molar-refractivity contribution in [3.8, 4) is 50.2 Å². The van der Waals surface area contributed by atoms with Crippen molar-refractivity contribution in [2.75, 3.05) is 4.90 Å². The summed E-state index contributed by atoms with van der Waals surface area (Å²) in [7, 11) is 0. The largest absolute Gasteiger partial charge is 0.310 e. The molecule has 0 bridgehead atoms. The average molecular weight is 805 g/mol. The molecule has 0 saturated carbocycles. The molecule has 0 N–H and O–H groups in total. The fourth-order valence-electron chi connectivity index (χ4n) is 10.5. The number of aromatic nitrogens is 1. The fraction of sp³-hybridized carbons (Fsp3) is 0.0492. The summed E-state index contributed by atoms with van der Waals surface area (Å²) in [5, 5.41) is 4.94. The van der Waals surface area contributed by atoms with Gasteiger partial charge in [-0.15, -0.1) is 0 Å². The highest BCUT2D eigenvalue weighted by atomic mass is 15.1. The molecular weight excluding hydrogens is 761 g/mol. The first-order chi connectivity index (χ1) is 31.0. The van der Waals surface area contributed by atoms with Crippen molar-refractivity contribution in [1.82, 2.24) is 4.57 Å². The topological polar surface area (TPSA) is 8.17 Å². The number of anilines is 3. The maximum atomic E-state index is 2.49. The Labute approximate surface area is 368 Å². The van der Waals surface area contributed by atoms with Crippen molar-refractivity contribution < 1.29 is 0 Å². The number of hydrogen-bond donors (Lipinski definition) is 0. The van der Waals surface area contributed by atoms with Gasteiger partial charge in [-0.05, 0) is 104 Å². The van der Waals surface area contributed by atoms with E-state index < -0.39 is 0 Å². The second-order valence-corrected chi connectivity index (χ2v) is 17.3. The van der Waals surface area contributed by atoms with Crippen LogP contribution in [0, 0.1) is 0 Å². The van der Waals surface area contributed by atoms with Gasteiger partial charge in [-0.1, -0.05) is 196 Å². The minimum atomic E-state index is -0.152. The Morgan fingerprint density at radius 1 is 0.349 bits per heavy atom. The van der Waals surface area contributed by atoms with Gasteiger partial charge in [0.2, 0.25) is 0 Å². The van der Waals surface area contributed by atoms with E-state index in [9.17, 15) is 0 Å². The van der Waals surface area contributed by atoms with E-state index in [2.05, 4.69) is 254 Å². The van der Waals surface area contributed by atoms with Gasteiger partial charge >= 0.3 is 0 Å². The molecule has 0 unspecified atom stereocenters. The van der Waals surface area contributed by atoms with E-state index in [0.717, 1.165) is 22.7 Å². The highest BCUT2D eigenvalue weighted by Crippen LogP contribution is 2.52. The average Bonchev–Trinajstić information content (AvgIpc) is 3.80. The molecule has 1 aliphatic rings. The fourth-order valence-corrected chi connectivity index (χ4v) is 10.5. The van der Waals surface area contributed by atoms with Gasteiger partial charge in [0.05, 0.1) is 22.4 Å². The van der Waals surface area contributed by atoms with Gasteiger partial charge in [0.15, 0.2) is 0 Å². The van der Waals surface area contributed by atoms with Crippen LogP contribution >= 0.6 is 0 Å². The van der Waals surface area contributed by atoms with E-state index in [1.807, 2.05) is 0 Å². The molecular formula is C61H44N2. The molecule has 2 heteroatoms. The summed E-state index contributed by atoms with van der Waals surface area (Å²) < 4.78 is 2.45. The normalized spacial score (nSPS) is 12.7. The molecule has 1 heterocycles. The Morgan fingerprint density at radius 3 is 1.67 bits per heavy atom. The minimum absolute atomic E-state index is 0.152. The molecule has 0 atom stereocenters. The van der Waals surface area contributed by atoms with Gasteiger partial charge < -0.3 is 9.47 Å². The zero-order valence-electron chi connectivity index (χ0n) is 35.3. The third-order valence-electron chi connectivity index (χ3n) is 13.4. The van der Waals surface area contributed by atoms with E-state index in [0.29, 0.717) is 0 Å². The molecule has 298 valence electrons. The van der Waals surface area contributed by atoms with Crippen LogP contribution in [0.25, 0.3) is 82.8 Å². The molecule has 12 rings (SSSR count). The first kappa shape index (κ1) is 36.9. The smallest absolute Gasteiger partial charge is 0.0541 e. The van der Waals surface area contributed by atoms with Crippen molar-refractivity contribution in [2.45, 2.75) is 19.3 Å². The lowest BCUT2D eigenvalue weighted by Gasteiger charge is -2.30. The number of rotatable bonds is 7. The highest BCUT2D eigenvalue weighted by Gasteiger charge is 2.36. The Bertz CT molecular complexity index is 3490. The van der Waals surface area contributed by atoms with Crippen molar-refractivity contribution in [2.24, 2.45) is 0 Å². The van der Waals surface area contributed by atoms with Crippen molar-refractivity contribution in [3.05, 3.63) is 242 Å². The number of para-hydroxylation sites is 4. The third kappa shape index (κ3) is 5.86. The van der Waals surface area contributed by atoms with Crippen LogP contribution in [-0.4, -0.2) is 4.57 Å². The third-order valence-corrected chi connectivity index (χ3v) is 13.4. The lowest BCUT2D eigenvalue weighted by atomic mass is 9.82. The first-order valence-corrected chi connectivity index (χ1v) is 21.9. The van der Waals surface area contributed by atoms with Gasteiger partial charge in [0, 0.05) is 38.7 Å². The molecule has 0 aliphatic heterocycles. The molecule has 0 saturated heterocycles. The molecule has 0 fully saturated rings. The summed E-state index contributed by atoms with van der Waals surface area (Å²) in [4.78, 5) is 2.49. The Hall–Kier alpha value is -7.94. The predicted molar refractivity (Wildman–Crippen MR) is 267 cm³/mol. The Kier molecular flexibility index (Phi) is 8.55. The lowest BCUT2D eigenvalue weighted by Crippen LogP contribution is -2.17. The van der Waals surface area contributed by atoms with Crippen molar-refractivity contribution in [3.63, 3.8) is 0 Å². The zero-order chi connectivity index (χ0) is 42.1. The predicted octanol–water partition coefficient (Wildman–Crippen LogP) is 16.7. The van der Waals surface area contributed by atoms with Crippen LogP contribution in [0.4, 0.5) is 17.1 Å². The molecule has 2 nitrogen and oxygen atoms in total. The molecule has 0 radical (unpaired) electrons. The number of benzene rings is 10. The molecule has 63 heavy (non-hydrogen) atoms. The van der Waals surface area contributed by atoms with Gasteiger partial charge in [-0.2, -0.15) is 0 Å². The molecule has 1 aliphatic carbocycles. The molecule has 1 aromatic heterocycles. The number of hydrogen-bond acceptors (Lipinski definition) is 1. The van der Waals surface area contributed by atoms with Gasteiger partial charge in [0.25, 0.3) is 0 Å². The second kappa shape index (κ2) is 14.6. The van der Waals surface area contributed by atoms with Crippen LogP contribution < -0.4 is 4.90 Å². The molecule has 0 amide bonds. The minimum Gasteiger partial charge on any atom is -0.310 e. The van der Waals surface area contributed by atoms with Crippen LogP contribution in [0.3, 0.4) is 0 Å². The van der Waals surface area contributed by atoms with Crippen LogP contribution in [0.1, 0.15) is 25.0 Å². The summed E-state index contributed by atoms with van der Waals surface area (Å²) in [6.07, 6.45) is 0. The van der Waals surface area contributed by atoms with E-state index >= 15 is 0 Å². The second-order valence-electron chi connectivity index (χ2n) is 17.3. The van der Waals surface area contributed by atoms with E-state index in [4.69, 9.17) is 0 Å². The highest BCUT2D eigenvalue weighted by molar-refractivity contribution is 6.10. The molecule has 0 spiro atoms. The molecule has 11 aromatic rings. The van der Waals surface area contributed by atoms with Gasteiger partial charge in [-0.3, -0.25) is 0 Å². The number of nitrogens with zero attached hydrogens (tertiary/aromatic N) is 2. The first-order valence-electron chi connectivity index (χ1n) is 21.9. The van der Waals surface area contributed by atoms with E-state index in [1.54, 1.807) is 0 Å². The summed E-state index contributed by atoms with van der Waals surface area (Å²) in [6.45, 7) is 4.73. The Morgan fingerprint density at radius 2 is 0.889 bits per heavy atom. The summed E-state index contributed by atoms with van der Waals surface area (Å²) in [6, 6.07) is 84.8. The van der Waals surface area contributed by atoms with Crippen LogP contribution in [0.5, 0.6) is 0 Å². The standard InChI is InChI=1S/C61H44N2/c1-61(2)55-30-13-8-25-49(55)50-38-36-44(40-56(50)61)62(57-31-14-9-24-46(57)42-19-4-3-5-20-42)43-35-37-48(54(39-43)47-29-18-22-41-21-6-7-23-45(41)47)51-26-10-15-32-58(51)63-59-33-16-11-27-52(59)53-28-12-17-34-60(53)63/h3-40H,1-2H3. The van der Waals surface area contributed by atoms with E-state index in [-0.39, 0.29) is 5.41 Å². The van der Waals surface area contributed by atoms with Gasteiger partial charge in [-0.25, -0.2) is 0 Å². The van der Waals surface area contributed by atoms with Crippen LogP contribution in [0.2, 0.25) is 0 Å². The molecule has 10 aromatic carbocycles. The van der Waals surface area contributed by atoms with Crippen molar-refractivity contribution >= 4 is 49.6 Å². The summed E-state index contributed by atoms with van der Waals surface area (Å²) >= 11 is 0. The van der Waals surface area contributed by atoms with Crippen LogP contribution in [-0.2, 0) is 5.41 Å². The lowest BCUT2D eigenvalue weighted by molar-refractivity contribution is 0.660.